The summed E-state index contributed by atoms with van der Waals surface area (Å²) in [6.07, 6.45) is 33.3. The number of unbranched alkanes of at least 4 members (excludes halogenated alkanes) is 22. The Morgan fingerprint density at radius 1 is 0.403 bits per heavy atom. The largest absolute Gasteiger partial charge is 0.465 e. The number of ether oxygens (including phenoxy) is 5. The summed E-state index contributed by atoms with van der Waals surface area (Å²) < 4.78 is 27.6. The van der Waals surface area contributed by atoms with Crippen molar-refractivity contribution in [1.82, 2.24) is 10.2 Å². The van der Waals surface area contributed by atoms with Gasteiger partial charge in [0.2, 0.25) is 0 Å². The molecule has 0 spiro atoms. The van der Waals surface area contributed by atoms with Gasteiger partial charge in [0.15, 0.2) is 0 Å². The van der Waals surface area contributed by atoms with Crippen molar-refractivity contribution in [2.45, 2.75) is 259 Å². The Hall–Kier alpha value is -2.89. The second-order valence-electron chi connectivity index (χ2n) is 19.3. The predicted octanol–water partition coefficient (Wildman–Crippen LogP) is 13.5. The molecule has 1 saturated heterocycles. The average molecular weight is 951 g/mol. The maximum atomic E-state index is 13.1. The Kier molecular flexibility index (Phi) is 42.2. The molecule has 0 bridgehead atoms. The first-order chi connectivity index (χ1) is 32.8. The van der Waals surface area contributed by atoms with E-state index in [4.69, 9.17) is 23.7 Å². The van der Waals surface area contributed by atoms with E-state index in [2.05, 4.69) is 37.9 Å². The molecule has 1 amide bonds. The smallest absolute Gasteiger partial charge is 0.408 e. The molecule has 0 radical (unpaired) electrons. The molecule has 2 atom stereocenters. The third kappa shape index (κ3) is 35.8. The normalized spacial score (nSPS) is 14.0. The van der Waals surface area contributed by atoms with E-state index in [9.17, 15) is 24.0 Å². The number of carbonyl (C=O) groups is 5. The van der Waals surface area contributed by atoms with Gasteiger partial charge in [-0.1, -0.05) is 156 Å². The van der Waals surface area contributed by atoms with Gasteiger partial charge >= 0.3 is 30.0 Å². The molecule has 0 aromatic carbocycles. The third-order valence-electron chi connectivity index (χ3n) is 13.1. The molecule has 1 N–H and O–H groups in total. The van der Waals surface area contributed by atoms with Crippen LogP contribution in [-0.2, 0) is 42.9 Å². The molecule has 1 fully saturated rings. The van der Waals surface area contributed by atoms with E-state index in [0.29, 0.717) is 32.6 Å². The number of nitrogens with one attached hydrogen (secondary N) is 1. The average Bonchev–Trinajstić information content (AvgIpc) is 3.85. The van der Waals surface area contributed by atoms with Crippen LogP contribution in [0.4, 0.5) is 4.79 Å². The number of rotatable bonds is 47. The zero-order valence-electron chi connectivity index (χ0n) is 43.7. The molecule has 67 heavy (non-hydrogen) atoms. The molecule has 0 aromatic rings. The van der Waals surface area contributed by atoms with E-state index >= 15 is 0 Å². The fourth-order valence-corrected chi connectivity index (χ4v) is 8.77. The molecule has 1 heterocycles. The summed E-state index contributed by atoms with van der Waals surface area (Å²) >= 11 is 0. The van der Waals surface area contributed by atoms with Gasteiger partial charge in [-0.3, -0.25) is 9.59 Å². The molecular weight excluding hydrogens is 849 g/mol. The Morgan fingerprint density at radius 3 is 1.09 bits per heavy atom. The minimum Gasteiger partial charge on any atom is -0.465 e. The number of nitrogens with zero attached hydrogens (tertiary/aromatic N) is 1. The molecule has 1 aliphatic heterocycles. The van der Waals surface area contributed by atoms with Gasteiger partial charge in [-0.05, 0) is 116 Å². The van der Waals surface area contributed by atoms with Gasteiger partial charge in [0.05, 0.1) is 38.3 Å². The molecule has 0 aliphatic carbocycles. The van der Waals surface area contributed by atoms with Crippen LogP contribution < -0.4 is 5.32 Å². The van der Waals surface area contributed by atoms with Crippen LogP contribution in [0.15, 0.2) is 0 Å². The number of amides is 1. The van der Waals surface area contributed by atoms with Crippen LogP contribution in [0.3, 0.4) is 0 Å². The van der Waals surface area contributed by atoms with Crippen LogP contribution in [0.5, 0.6) is 0 Å². The molecule has 392 valence electrons. The SMILES string of the molecule is CCCCCCCCC(CCCCCC)C(=O)OCCCCCCOC(=O)C(OC(=O)NCCCN1CCCC1)C(=O)OCCCCCCOC(=O)C(CCCCCC)CCCCCCCC. The summed E-state index contributed by atoms with van der Waals surface area (Å²) in [5.41, 5.74) is 0. The summed E-state index contributed by atoms with van der Waals surface area (Å²) in [5, 5.41) is 2.66. The lowest BCUT2D eigenvalue weighted by Gasteiger charge is -2.17. The lowest BCUT2D eigenvalue weighted by Crippen LogP contribution is -2.41. The summed E-state index contributed by atoms with van der Waals surface area (Å²) in [6, 6.07) is 0. The molecule has 12 nitrogen and oxygen atoms in total. The predicted molar refractivity (Wildman–Crippen MR) is 270 cm³/mol. The van der Waals surface area contributed by atoms with Gasteiger partial charge in [-0.25, -0.2) is 14.4 Å². The fourth-order valence-electron chi connectivity index (χ4n) is 8.77. The topological polar surface area (TPSA) is 147 Å². The monoisotopic (exact) mass is 951 g/mol. The number of likely N-dealkylation sites (tertiary alicyclic amines) is 1. The van der Waals surface area contributed by atoms with Crippen LogP contribution in [0.25, 0.3) is 0 Å². The maximum Gasteiger partial charge on any atom is 0.408 e. The van der Waals surface area contributed by atoms with Crippen molar-refractivity contribution in [3.8, 4) is 0 Å². The number of alkyl carbamates (subject to hydrolysis) is 1. The Balaban J connectivity index is 2.50. The Morgan fingerprint density at radius 2 is 0.716 bits per heavy atom. The first-order valence-electron chi connectivity index (χ1n) is 28.1. The summed E-state index contributed by atoms with van der Waals surface area (Å²) in [4.78, 5) is 67.3. The van der Waals surface area contributed by atoms with Crippen LogP contribution in [0.2, 0.25) is 0 Å². The number of hydrogen-bond acceptors (Lipinski definition) is 11. The van der Waals surface area contributed by atoms with Gasteiger partial charge in [-0.15, -0.1) is 0 Å². The van der Waals surface area contributed by atoms with Crippen LogP contribution >= 0.6 is 0 Å². The summed E-state index contributed by atoms with van der Waals surface area (Å²) in [6.45, 7) is 13.0. The van der Waals surface area contributed by atoms with Crippen LogP contribution in [0, 0.1) is 11.8 Å². The molecule has 0 saturated carbocycles. The van der Waals surface area contributed by atoms with Crippen LogP contribution in [-0.4, -0.2) is 93.6 Å². The molecule has 1 rings (SSSR count). The highest BCUT2D eigenvalue weighted by Gasteiger charge is 2.34. The summed E-state index contributed by atoms with van der Waals surface area (Å²) in [7, 11) is 0. The van der Waals surface area contributed by atoms with Crippen LogP contribution in [0.1, 0.15) is 252 Å². The second kappa shape index (κ2) is 45.5. The van der Waals surface area contributed by atoms with Gasteiger partial charge in [0.1, 0.15) is 0 Å². The van der Waals surface area contributed by atoms with E-state index in [1.54, 1.807) is 0 Å². The minimum absolute atomic E-state index is 0.0216. The van der Waals surface area contributed by atoms with Gasteiger partial charge in [0, 0.05) is 6.54 Å². The first-order valence-corrected chi connectivity index (χ1v) is 28.1. The van der Waals surface area contributed by atoms with E-state index in [1.165, 1.54) is 103 Å². The Bertz CT molecular complexity index is 1140. The highest BCUT2D eigenvalue weighted by molar-refractivity contribution is 5.99. The number of carbonyl (C=O) groups excluding carboxylic acids is 5. The van der Waals surface area contributed by atoms with Crippen molar-refractivity contribution < 1.29 is 47.7 Å². The first kappa shape index (κ1) is 62.1. The second-order valence-corrected chi connectivity index (χ2v) is 19.3. The van der Waals surface area contributed by atoms with Crippen molar-refractivity contribution in [3.63, 3.8) is 0 Å². The van der Waals surface area contributed by atoms with E-state index in [-0.39, 0.29) is 37.0 Å². The lowest BCUT2D eigenvalue weighted by atomic mass is 9.94. The van der Waals surface area contributed by atoms with Crippen molar-refractivity contribution in [2.75, 3.05) is 52.6 Å². The quantitative estimate of drug-likeness (QED) is 0.0269. The van der Waals surface area contributed by atoms with Crippen molar-refractivity contribution in [1.29, 1.82) is 0 Å². The highest BCUT2D eigenvalue weighted by Crippen LogP contribution is 2.22. The molecule has 2 unspecified atom stereocenters. The van der Waals surface area contributed by atoms with Gasteiger partial charge < -0.3 is 33.9 Å². The van der Waals surface area contributed by atoms with Crippen molar-refractivity contribution in [3.05, 3.63) is 0 Å². The zero-order chi connectivity index (χ0) is 48.8. The van der Waals surface area contributed by atoms with E-state index < -0.39 is 24.1 Å². The molecule has 0 aromatic heterocycles. The zero-order valence-corrected chi connectivity index (χ0v) is 43.7. The molecule has 12 heteroatoms. The highest BCUT2D eigenvalue weighted by atomic mass is 16.6. The number of esters is 4. The maximum absolute atomic E-state index is 13.1. The van der Waals surface area contributed by atoms with Crippen molar-refractivity contribution >= 4 is 30.0 Å². The standard InChI is InChI=1S/C55H102N2O10/c1-5-9-13-17-19-27-38-48(36-25-15-11-7-3)51(58)63-44-31-21-23-33-46-65-53(60)50(67-55(62)56-40-35-43-57-41-29-30-42-57)54(61)66-47-34-24-22-32-45-64-52(59)49(37-26-16-12-8-4)39-28-20-18-14-10-6-2/h48-50H,5-47H2,1-4H3,(H,56,62). The fraction of sp³-hybridized carbons (Fsp3) is 0.909. The Labute approximate surface area is 409 Å². The molecule has 1 aliphatic rings. The minimum atomic E-state index is -1.82. The number of hydrogen-bond donors (Lipinski definition) is 1. The van der Waals surface area contributed by atoms with E-state index in [0.717, 1.165) is 129 Å². The van der Waals surface area contributed by atoms with Crippen molar-refractivity contribution in [2.24, 2.45) is 11.8 Å². The third-order valence-corrected chi connectivity index (χ3v) is 13.1. The summed E-state index contributed by atoms with van der Waals surface area (Å²) in [5.74, 6) is -2.09. The molecular formula is C55H102N2O10. The van der Waals surface area contributed by atoms with Gasteiger partial charge in [-0.2, -0.15) is 0 Å². The van der Waals surface area contributed by atoms with Gasteiger partial charge in [0.25, 0.3) is 6.10 Å². The van der Waals surface area contributed by atoms with E-state index in [1.807, 2.05) is 0 Å². The lowest BCUT2D eigenvalue weighted by molar-refractivity contribution is -0.169.